The second kappa shape index (κ2) is 20.5. The zero-order valence-corrected chi connectivity index (χ0v) is 27.4. The third-order valence-corrected chi connectivity index (χ3v) is 9.20. The molecule has 1 unspecified atom stereocenters. The number of unbranched alkanes of at least 4 members (excludes halogenated alkanes) is 15. The molecule has 0 bridgehead atoms. The Balaban J connectivity index is 1.30. The lowest BCUT2D eigenvalue weighted by Gasteiger charge is -2.22. The van der Waals surface area contributed by atoms with Gasteiger partial charge in [0.2, 0.25) is 0 Å². The molecule has 10 heteroatoms. The molecular weight excluding hydrogens is 561 g/mol. The first-order valence-electron chi connectivity index (χ1n) is 16.5. The number of hydrogen-bond acceptors (Lipinski definition) is 8. The summed E-state index contributed by atoms with van der Waals surface area (Å²) in [6.45, 7) is 5.01. The van der Waals surface area contributed by atoms with Crippen molar-refractivity contribution in [2.45, 2.75) is 129 Å². The Morgan fingerprint density at radius 3 is 2.00 bits per heavy atom. The van der Waals surface area contributed by atoms with Gasteiger partial charge in [-0.15, -0.1) is 0 Å². The molecule has 0 aliphatic rings. The molecule has 2 heterocycles. The first kappa shape index (κ1) is 35.0. The highest BCUT2D eigenvalue weighted by Crippen LogP contribution is 2.48. The molecule has 0 saturated heterocycles. The van der Waals surface area contributed by atoms with Gasteiger partial charge in [0, 0.05) is 0 Å². The smallest absolute Gasteiger partial charge is 0.404 e. The fourth-order valence-electron chi connectivity index (χ4n) is 5.17. The van der Waals surface area contributed by atoms with Crippen molar-refractivity contribution in [3.05, 3.63) is 43.0 Å². The van der Waals surface area contributed by atoms with Gasteiger partial charge in [0.05, 0.1) is 25.6 Å². The molecule has 0 fully saturated rings. The number of benzene rings is 1. The number of anilines is 1. The van der Waals surface area contributed by atoms with Gasteiger partial charge in [-0.05, 0) is 25.5 Å². The predicted molar refractivity (Wildman–Crippen MR) is 175 cm³/mol. The minimum absolute atomic E-state index is 0.147. The van der Waals surface area contributed by atoms with Crippen LogP contribution in [-0.4, -0.2) is 38.6 Å². The maximum Gasteiger partial charge on any atom is 0.404 e. The molecule has 2 N–H and O–H groups in total. The average molecular weight is 616 g/mol. The highest BCUT2D eigenvalue weighted by molar-refractivity contribution is 7.54. The minimum Gasteiger partial charge on any atom is -0.423 e. The molecule has 1 aromatic carbocycles. The van der Waals surface area contributed by atoms with Crippen LogP contribution in [0.2, 0.25) is 0 Å². The molecule has 0 amide bonds. The number of rotatable bonds is 25. The van der Waals surface area contributed by atoms with Gasteiger partial charge >= 0.3 is 7.60 Å². The van der Waals surface area contributed by atoms with E-state index in [2.05, 4.69) is 21.9 Å². The van der Waals surface area contributed by atoms with Crippen molar-refractivity contribution in [1.29, 1.82) is 0 Å². The molecule has 3 rings (SSSR count). The van der Waals surface area contributed by atoms with E-state index < -0.39 is 7.60 Å². The van der Waals surface area contributed by atoms with E-state index in [1.807, 2.05) is 29.7 Å². The van der Waals surface area contributed by atoms with Crippen LogP contribution in [0.15, 0.2) is 43.0 Å². The fraction of sp³-hybridized carbons (Fsp3) is 0.667. The van der Waals surface area contributed by atoms with Gasteiger partial charge in [-0.2, -0.15) is 0 Å². The summed E-state index contributed by atoms with van der Waals surface area (Å²) in [7, 11) is -3.52. The van der Waals surface area contributed by atoms with E-state index in [1.165, 1.54) is 96.2 Å². The van der Waals surface area contributed by atoms with E-state index in [1.54, 1.807) is 18.5 Å². The highest BCUT2D eigenvalue weighted by Gasteiger charge is 2.28. The molecule has 2 atom stereocenters. The number of fused-ring (bicyclic) bond motifs is 1. The summed E-state index contributed by atoms with van der Waals surface area (Å²) in [5, 5.41) is 0. The van der Waals surface area contributed by atoms with Crippen LogP contribution >= 0.6 is 7.60 Å². The van der Waals surface area contributed by atoms with Crippen LogP contribution < -0.4 is 10.3 Å². The third kappa shape index (κ3) is 13.8. The standard InChI is InChI=1S/C33H54N5O4P/c1-3-4-5-6-7-8-9-10-11-12-13-14-15-16-17-21-24-41-43(39,42-30-22-19-18-20-23-30)28-40-29(2)25-38-27-37-31-32(34)35-26-36-33(31)38/h18-20,22-23,26-27,29H,3-17,21,24-25,28H2,1-2H3,(H2,34,35,36)/t29-,43?/m1/s1. The van der Waals surface area contributed by atoms with E-state index in [0.717, 1.165) is 12.8 Å². The van der Waals surface area contributed by atoms with Crippen LogP contribution in [0.5, 0.6) is 5.75 Å². The van der Waals surface area contributed by atoms with Crippen molar-refractivity contribution in [3.63, 3.8) is 0 Å². The predicted octanol–water partition coefficient (Wildman–Crippen LogP) is 9.32. The number of nitrogens with two attached hydrogens (primary N) is 1. The van der Waals surface area contributed by atoms with Gasteiger partial charge in [0.1, 0.15) is 17.6 Å². The van der Waals surface area contributed by atoms with Crippen molar-refractivity contribution in [2.75, 3.05) is 18.7 Å². The maximum absolute atomic E-state index is 13.7. The second-order valence-electron chi connectivity index (χ2n) is 11.6. The minimum atomic E-state index is -3.52. The third-order valence-electron chi connectivity index (χ3n) is 7.67. The van der Waals surface area contributed by atoms with Gasteiger partial charge in [-0.1, -0.05) is 121 Å². The van der Waals surface area contributed by atoms with Crippen LogP contribution in [0.1, 0.15) is 117 Å². The first-order chi connectivity index (χ1) is 21.0. The van der Waals surface area contributed by atoms with Crippen LogP contribution in [0.3, 0.4) is 0 Å². The topological polar surface area (TPSA) is 114 Å². The molecule has 0 saturated carbocycles. The summed E-state index contributed by atoms with van der Waals surface area (Å²) in [6.07, 6.45) is 23.5. The summed E-state index contributed by atoms with van der Waals surface area (Å²) in [6, 6.07) is 9.12. The molecule has 43 heavy (non-hydrogen) atoms. The van der Waals surface area contributed by atoms with Crippen molar-refractivity contribution < 1.29 is 18.3 Å². The van der Waals surface area contributed by atoms with Crippen LogP contribution in [0, 0.1) is 0 Å². The lowest BCUT2D eigenvalue weighted by Crippen LogP contribution is -2.19. The highest BCUT2D eigenvalue weighted by atomic mass is 31.2. The number of aromatic nitrogens is 4. The Hall–Kier alpha value is -2.48. The molecule has 0 aliphatic heterocycles. The monoisotopic (exact) mass is 615 g/mol. The van der Waals surface area contributed by atoms with E-state index in [9.17, 15) is 4.57 Å². The Morgan fingerprint density at radius 2 is 1.40 bits per heavy atom. The van der Waals surface area contributed by atoms with E-state index in [0.29, 0.717) is 35.9 Å². The summed E-state index contributed by atoms with van der Waals surface area (Å²) in [5.74, 6) is 0.836. The lowest BCUT2D eigenvalue weighted by molar-refractivity contribution is 0.0726. The van der Waals surface area contributed by atoms with Gasteiger partial charge < -0.3 is 19.6 Å². The number of hydrogen-bond donors (Lipinski definition) is 1. The van der Waals surface area contributed by atoms with Gasteiger partial charge in [0.25, 0.3) is 0 Å². The molecule has 3 aromatic rings. The number of ether oxygens (including phenoxy) is 1. The zero-order chi connectivity index (χ0) is 30.6. The van der Waals surface area contributed by atoms with Crippen LogP contribution in [0.25, 0.3) is 11.2 Å². The van der Waals surface area contributed by atoms with Crippen molar-refractivity contribution in [1.82, 2.24) is 19.5 Å². The van der Waals surface area contributed by atoms with Crippen LogP contribution in [0.4, 0.5) is 5.82 Å². The van der Waals surface area contributed by atoms with Crippen molar-refractivity contribution in [3.8, 4) is 5.75 Å². The Kier molecular flexibility index (Phi) is 16.7. The molecule has 0 spiro atoms. The van der Waals surface area contributed by atoms with Gasteiger partial charge in [-0.3, -0.25) is 4.52 Å². The molecule has 240 valence electrons. The Bertz CT molecular complexity index is 1190. The zero-order valence-electron chi connectivity index (χ0n) is 26.5. The molecule has 0 radical (unpaired) electrons. The molecule has 2 aromatic heterocycles. The SMILES string of the molecule is CCCCCCCCCCCCCCCCCCOP(=O)(CO[C@H](C)Cn1cnc2c(N)ncnc21)Oc1ccccc1. The number of nitrogens with zero attached hydrogens (tertiary/aromatic N) is 4. The molecule has 0 aliphatic carbocycles. The summed E-state index contributed by atoms with van der Waals surface area (Å²) in [5.41, 5.74) is 7.08. The average Bonchev–Trinajstić information content (AvgIpc) is 3.42. The number of imidazole rings is 1. The summed E-state index contributed by atoms with van der Waals surface area (Å²) < 4.78 is 33.2. The quantitative estimate of drug-likeness (QED) is 0.0741. The Labute approximate surface area is 258 Å². The van der Waals surface area contributed by atoms with Crippen molar-refractivity contribution in [2.24, 2.45) is 0 Å². The van der Waals surface area contributed by atoms with E-state index in [4.69, 9.17) is 19.5 Å². The fourth-order valence-corrected chi connectivity index (χ4v) is 6.63. The molecular formula is C33H54N5O4P. The number of nitrogen functional groups attached to an aromatic ring is 1. The normalized spacial score (nSPS) is 13.7. The largest absolute Gasteiger partial charge is 0.423 e. The van der Waals surface area contributed by atoms with Crippen LogP contribution in [-0.2, 0) is 20.4 Å². The first-order valence-corrected chi connectivity index (χ1v) is 18.2. The van der Waals surface area contributed by atoms with Crippen molar-refractivity contribution >= 4 is 24.6 Å². The summed E-state index contributed by atoms with van der Waals surface area (Å²) >= 11 is 0. The lowest BCUT2D eigenvalue weighted by atomic mass is 10.0. The number of para-hydroxylation sites is 1. The van der Waals surface area contributed by atoms with Gasteiger partial charge in [0.15, 0.2) is 17.8 Å². The Morgan fingerprint density at radius 1 is 0.814 bits per heavy atom. The van der Waals surface area contributed by atoms with E-state index >= 15 is 0 Å². The second-order valence-corrected chi connectivity index (χ2v) is 13.5. The van der Waals surface area contributed by atoms with Gasteiger partial charge in [-0.25, -0.2) is 19.5 Å². The van der Waals surface area contributed by atoms with E-state index in [-0.39, 0.29) is 12.5 Å². The molecule has 9 nitrogen and oxygen atoms in total. The maximum atomic E-state index is 13.7. The summed E-state index contributed by atoms with van der Waals surface area (Å²) in [4.78, 5) is 12.6.